The van der Waals surface area contributed by atoms with Crippen molar-refractivity contribution in [2.45, 2.75) is 25.8 Å². The van der Waals surface area contributed by atoms with Gasteiger partial charge in [0.15, 0.2) is 0 Å². The average molecular weight is 283 g/mol. The van der Waals surface area contributed by atoms with Crippen molar-refractivity contribution >= 4 is 17.3 Å². The van der Waals surface area contributed by atoms with Crippen molar-refractivity contribution in [3.8, 4) is 0 Å². The number of carbonyl (C=O) groups excluding carboxylic acids is 1. The van der Waals surface area contributed by atoms with E-state index in [-0.39, 0.29) is 6.04 Å². The van der Waals surface area contributed by atoms with E-state index in [1.807, 2.05) is 18.2 Å². The first-order chi connectivity index (χ1) is 10.1. The van der Waals surface area contributed by atoms with Crippen LogP contribution >= 0.6 is 0 Å². The Morgan fingerprint density at radius 2 is 1.86 bits per heavy atom. The Morgan fingerprint density at radius 1 is 1.14 bits per heavy atom. The van der Waals surface area contributed by atoms with Crippen molar-refractivity contribution in [3.63, 3.8) is 0 Å². The van der Waals surface area contributed by atoms with Crippen molar-refractivity contribution in [2.75, 3.05) is 11.1 Å². The molecule has 2 aromatic carbocycles. The second-order valence-corrected chi connectivity index (χ2v) is 5.20. The fourth-order valence-corrected chi connectivity index (χ4v) is 2.28. The molecule has 0 bridgehead atoms. The fourth-order valence-electron chi connectivity index (χ4n) is 2.28. The van der Waals surface area contributed by atoms with E-state index < -0.39 is 5.91 Å². The van der Waals surface area contributed by atoms with Gasteiger partial charge in [0.05, 0.1) is 16.9 Å². The van der Waals surface area contributed by atoms with Crippen LogP contribution in [0.1, 0.15) is 29.3 Å². The molecule has 0 aliphatic rings. The maximum absolute atomic E-state index is 11.5. The van der Waals surface area contributed by atoms with Crippen molar-refractivity contribution in [1.29, 1.82) is 0 Å². The van der Waals surface area contributed by atoms with Crippen molar-refractivity contribution in [2.24, 2.45) is 5.73 Å². The summed E-state index contributed by atoms with van der Waals surface area (Å²) in [6.07, 6.45) is 1.91. The number of anilines is 2. The van der Waals surface area contributed by atoms with Gasteiger partial charge in [-0.1, -0.05) is 36.4 Å². The highest BCUT2D eigenvalue weighted by molar-refractivity contribution is 6.01. The fraction of sp³-hybridized carbons (Fsp3) is 0.235. The first-order valence-corrected chi connectivity index (χ1v) is 7.06. The van der Waals surface area contributed by atoms with E-state index in [9.17, 15) is 4.79 Å². The van der Waals surface area contributed by atoms with E-state index in [1.54, 1.807) is 18.2 Å². The summed E-state index contributed by atoms with van der Waals surface area (Å²) in [6.45, 7) is 2.07. The number of aryl methyl sites for hydroxylation is 1. The minimum absolute atomic E-state index is 0.188. The summed E-state index contributed by atoms with van der Waals surface area (Å²) < 4.78 is 0. The molecule has 4 heteroatoms. The highest BCUT2D eigenvalue weighted by Crippen LogP contribution is 2.24. The van der Waals surface area contributed by atoms with Gasteiger partial charge in [0.2, 0.25) is 0 Å². The molecule has 1 unspecified atom stereocenters. The summed E-state index contributed by atoms with van der Waals surface area (Å²) >= 11 is 0. The number of benzene rings is 2. The van der Waals surface area contributed by atoms with Crippen molar-refractivity contribution < 1.29 is 4.79 Å². The van der Waals surface area contributed by atoms with Crippen LogP contribution in [0.4, 0.5) is 11.4 Å². The molecule has 110 valence electrons. The standard InChI is InChI=1S/C17H21N3O/c1-12(10-11-13-6-3-2-4-7-13)20-16-14(17(19)21)8-5-9-15(16)18/h2-9,12,20H,10-11,18H2,1H3,(H2,19,21). The summed E-state index contributed by atoms with van der Waals surface area (Å²) in [5.41, 5.74) is 14.2. The lowest BCUT2D eigenvalue weighted by molar-refractivity contribution is 0.100. The third-order valence-corrected chi connectivity index (χ3v) is 3.46. The highest BCUT2D eigenvalue weighted by atomic mass is 16.1. The first-order valence-electron chi connectivity index (χ1n) is 7.06. The van der Waals surface area contributed by atoms with Gasteiger partial charge in [0.25, 0.3) is 5.91 Å². The molecule has 21 heavy (non-hydrogen) atoms. The second kappa shape index (κ2) is 6.79. The molecule has 0 saturated heterocycles. The van der Waals surface area contributed by atoms with Gasteiger partial charge in [-0.2, -0.15) is 0 Å². The highest BCUT2D eigenvalue weighted by Gasteiger charge is 2.13. The molecule has 1 atom stereocenters. The molecule has 0 aliphatic carbocycles. The van der Waals surface area contributed by atoms with Crippen LogP contribution in [0.15, 0.2) is 48.5 Å². The zero-order valence-corrected chi connectivity index (χ0v) is 12.2. The van der Waals surface area contributed by atoms with Gasteiger partial charge in [-0.25, -0.2) is 0 Å². The van der Waals surface area contributed by atoms with E-state index in [4.69, 9.17) is 11.5 Å². The lowest BCUT2D eigenvalue weighted by Crippen LogP contribution is -2.21. The second-order valence-electron chi connectivity index (χ2n) is 5.20. The van der Waals surface area contributed by atoms with Gasteiger partial charge >= 0.3 is 0 Å². The number of amides is 1. The minimum atomic E-state index is -0.472. The molecule has 4 nitrogen and oxygen atoms in total. The van der Waals surface area contributed by atoms with Gasteiger partial charge in [-0.15, -0.1) is 0 Å². The predicted molar refractivity (Wildman–Crippen MR) is 87.2 cm³/mol. The number of primary amides is 1. The van der Waals surface area contributed by atoms with E-state index in [1.165, 1.54) is 5.56 Å². The Bertz CT molecular complexity index is 611. The number of carbonyl (C=O) groups is 1. The number of hydrogen-bond acceptors (Lipinski definition) is 3. The maximum atomic E-state index is 11.5. The lowest BCUT2D eigenvalue weighted by Gasteiger charge is -2.19. The van der Waals surface area contributed by atoms with Gasteiger partial charge in [0, 0.05) is 6.04 Å². The van der Waals surface area contributed by atoms with Crippen LogP contribution in [-0.4, -0.2) is 11.9 Å². The summed E-state index contributed by atoms with van der Waals surface area (Å²) in [4.78, 5) is 11.5. The molecular weight excluding hydrogens is 262 g/mol. The number of hydrogen-bond donors (Lipinski definition) is 3. The Balaban J connectivity index is 2.03. The molecular formula is C17H21N3O. The van der Waals surface area contributed by atoms with Crippen LogP contribution in [-0.2, 0) is 6.42 Å². The molecule has 0 fully saturated rings. The van der Waals surface area contributed by atoms with Crippen LogP contribution in [0.3, 0.4) is 0 Å². The van der Waals surface area contributed by atoms with E-state index in [0.717, 1.165) is 12.8 Å². The number of rotatable bonds is 6. The quantitative estimate of drug-likeness (QED) is 0.713. The Labute approximate surface area is 125 Å². The number of nitrogens with two attached hydrogens (primary N) is 2. The van der Waals surface area contributed by atoms with Crippen LogP contribution in [0.25, 0.3) is 0 Å². The summed E-state index contributed by atoms with van der Waals surface area (Å²) in [6, 6.07) is 15.7. The molecule has 2 rings (SSSR count). The van der Waals surface area contributed by atoms with E-state index in [0.29, 0.717) is 16.9 Å². The van der Waals surface area contributed by atoms with Crippen LogP contribution in [0.5, 0.6) is 0 Å². The van der Waals surface area contributed by atoms with Crippen molar-refractivity contribution in [1.82, 2.24) is 0 Å². The summed E-state index contributed by atoms with van der Waals surface area (Å²) in [5, 5.41) is 3.30. The number of nitrogen functional groups attached to an aromatic ring is 1. The monoisotopic (exact) mass is 283 g/mol. The maximum Gasteiger partial charge on any atom is 0.250 e. The minimum Gasteiger partial charge on any atom is -0.397 e. The van der Waals surface area contributed by atoms with Gasteiger partial charge < -0.3 is 16.8 Å². The van der Waals surface area contributed by atoms with E-state index >= 15 is 0 Å². The Morgan fingerprint density at radius 3 is 2.52 bits per heavy atom. The zero-order chi connectivity index (χ0) is 15.2. The SMILES string of the molecule is CC(CCc1ccccc1)Nc1c(N)cccc1C(N)=O. The molecule has 0 aromatic heterocycles. The van der Waals surface area contributed by atoms with E-state index in [2.05, 4.69) is 24.4 Å². The number of para-hydroxylation sites is 1. The average Bonchev–Trinajstić information content (AvgIpc) is 2.48. The molecule has 1 amide bonds. The topological polar surface area (TPSA) is 81.1 Å². The van der Waals surface area contributed by atoms with Gasteiger partial charge in [0.1, 0.15) is 0 Å². The van der Waals surface area contributed by atoms with Crippen LogP contribution < -0.4 is 16.8 Å². The third kappa shape index (κ3) is 3.99. The summed E-state index contributed by atoms with van der Waals surface area (Å²) in [7, 11) is 0. The molecule has 0 saturated carbocycles. The van der Waals surface area contributed by atoms with Gasteiger partial charge in [-0.3, -0.25) is 4.79 Å². The molecule has 0 heterocycles. The predicted octanol–water partition coefficient (Wildman–Crippen LogP) is 2.80. The lowest BCUT2D eigenvalue weighted by atomic mass is 10.0. The first kappa shape index (κ1) is 14.9. The molecule has 5 N–H and O–H groups in total. The third-order valence-electron chi connectivity index (χ3n) is 3.46. The largest absolute Gasteiger partial charge is 0.397 e. The zero-order valence-electron chi connectivity index (χ0n) is 12.2. The molecule has 0 spiro atoms. The molecule has 0 aliphatic heterocycles. The Hall–Kier alpha value is -2.49. The van der Waals surface area contributed by atoms with Crippen LogP contribution in [0.2, 0.25) is 0 Å². The Kier molecular flexibility index (Phi) is 4.82. The van der Waals surface area contributed by atoms with Gasteiger partial charge in [-0.05, 0) is 37.5 Å². The molecule has 0 radical (unpaired) electrons. The summed E-state index contributed by atoms with van der Waals surface area (Å²) in [5.74, 6) is -0.472. The van der Waals surface area contributed by atoms with Crippen LogP contribution in [0, 0.1) is 0 Å². The van der Waals surface area contributed by atoms with Crippen molar-refractivity contribution in [3.05, 3.63) is 59.7 Å². The smallest absolute Gasteiger partial charge is 0.250 e. The number of nitrogens with one attached hydrogen (secondary N) is 1. The normalized spacial score (nSPS) is 11.9. The molecule has 2 aromatic rings.